The zero-order chi connectivity index (χ0) is 13.1. The highest BCUT2D eigenvalue weighted by Gasteiger charge is 2.27. The van der Waals surface area contributed by atoms with Crippen LogP contribution < -0.4 is 20.9 Å². The first-order valence-corrected chi connectivity index (χ1v) is 5.23. The van der Waals surface area contributed by atoms with Gasteiger partial charge >= 0.3 is 0 Å². The quantitative estimate of drug-likeness (QED) is 0.785. The Morgan fingerprint density at radius 1 is 1.41 bits per heavy atom. The highest BCUT2D eigenvalue weighted by atomic mass is 16.5. The van der Waals surface area contributed by atoms with Crippen molar-refractivity contribution >= 4 is 5.91 Å². The number of amides is 1. The number of nitrogens with two attached hydrogens (primary N) is 2. The number of rotatable bonds is 5. The molecule has 1 unspecified atom stereocenters. The van der Waals surface area contributed by atoms with Crippen molar-refractivity contribution in [3.63, 3.8) is 0 Å². The summed E-state index contributed by atoms with van der Waals surface area (Å²) in [7, 11) is 1.55. The Bertz CT molecular complexity index is 416. The maximum Gasteiger partial charge on any atom is 0.240 e. The van der Waals surface area contributed by atoms with Gasteiger partial charge in [-0.25, -0.2) is 0 Å². The average Bonchev–Trinajstić information content (AvgIpc) is 2.27. The van der Waals surface area contributed by atoms with Crippen molar-refractivity contribution < 1.29 is 14.3 Å². The van der Waals surface area contributed by atoms with E-state index in [4.69, 9.17) is 20.9 Å². The van der Waals surface area contributed by atoms with Gasteiger partial charge in [-0.05, 0) is 31.5 Å². The Balaban J connectivity index is 2.79. The van der Waals surface area contributed by atoms with Crippen LogP contribution in [0.3, 0.4) is 0 Å². The molecule has 0 aliphatic rings. The van der Waals surface area contributed by atoms with Gasteiger partial charge in [-0.1, -0.05) is 6.07 Å². The standard InChI is InChI=1S/C12H18N2O3/c1-8-4-5-9(10(6-8)16-3)17-7-12(2,14)11(13)15/h4-6H,7,14H2,1-3H3,(H2,13,15). The molecule has 0 fully saturated rings. The minimum atomic E-state index is -1.20. The molecule has 0 radical (unpaired) electrons. The molecule has 0 aromatic heterocycles. The highest BCUT2D eigenvalue weighted by Crippen LogP contribution is 2.28. The van der Waals surface area contributed by atoms with E-state index in [0.29, 0.717) is 11.5 Å². The fourth-order valence-electron chi connectivity index (χ4n) is 1.19. The van der Waals surface area contributed by atoms with Crippen LogP contribution in [-0.4, -0.2) is 25.2 Å². The minimum Gasteiger partial charge on any atom is -0.493 e. The molecule has 1 aromatic carbocycles. The second-order valence-corrected chi connectivity index (χ2v) is 4.22. The fourth-order valence-corrected chi connectivity index (χ4v) is 1.19. The van der Waals surface area contributed by atoms with Crippen LogP contribution in [-0.2, 0) is 4.79 Å². The maximum absolute atomic E-state index is 11.0. The molecule has 5 nitrogen and oxygen atoms in total. The third-order valence-electron chi connectivity index (χ3n) is 2.41. The van der Waals surface area contributed by atoms with E-state index < -0.39 is 11.4 Å². The van der Waals surface area contributed by atoms with Crippen LogP contribution in [0.15, 0.2) is 18.2 Å². The average molecular weight is 238 g/mol. The minimum absolute atomic E-state index is 0.00174. The molecule has 0 aliphatic carbocycles. The normalized spacial score (nSPS) is 13.9. The predicted octanol–water partition coefficient (Wildman–Crippen LogP) is 0.585. The molecule has 1 amide bonds. The number of carbonyl (C=O) groups is 1. The molecule has 0 saturated heterocycles. The van der Waals surface area contributed by atoms with Crippen LogP contribution >= 0.6 is 0 Å². The van der Waals surface area contributed by atoms with E-state index in [2.05, 4.69) is 0 Å². The Kier molecular flexibility index (Phi) is 3.96. The molecule has 4 N–H and O–H groups in total. The molecule has 0 saturated carbocycles. The van der Waals surface area contributed by atoms with Crippen molar-refractivity contribution in [2.45, 2.75) is 19.4 Å². The summed E-state index contributed by atoms with van der Waals surface area (Å²) < 4.78 is 10.6. The predicted molar refractivity (Wildman–Crippen MR) is 65.0 cm³/mol. The lowest BCUT2D eigenvalue weighted by Crippen LogP contribution is -2.53. The van der Waals surface area contributed by atoms with E-state index in [9.17, 15) is 4.79 Å². The molecule has 0 spiro atoms. The van der Waals surface area contributed by atoms with Crippen LogP contribution in [0.25, 0.3) is 0 Å². The van der Waals surface area contributed by atoms with Gasteiger partial charge in [0.25, 0.3) is 0 Å². The second kappa shape index (κ2) is 5.05. The number of hydrogen-bond acceptors (Lipinski definition) is 4. The van der Waals surface area contributed by atoms with E-state index in [1.807, 2.05) is 19.1 Å². The van der Waals surface area contributed by atoms with E-state index in [0.717, 1.165) is 5.56 Å². The number of methoxy groups -OCH3 is 1. The molecule has 1 rings (SSSR count). The highest BCUT2D eigenvalue weighted by molar-refractivity contribution is 5.84. The first kappa shape index (κ1) is 13.3. The first-order valence-electron chi connectivity index (χ1n) is 5.23. The van der Waals surface area contributed by atoms with E-state index >= 15 is 0 Å². The van der Waals surface area contributed by atoms with Crippen molar-refractivity contribution in [2.75, 3.05) is 13.7 Å². The zero-order valence-electron chi connectivity index (χ0n) is 10.3. The van der Waals surface area contributed by atoms with Crippen LogP contribution in [0.5, 0.6) is 11.5 Å². The topological polar surface area (TPSA) is 87.6 Å². The van der Waals surface area contributed by atoms with E-state index in [1.54, 1.807) is 13.2 Å². The van der Waals surface area contributed by atoms with E-state index in [-0.39, 0.29) is 6.61 Å². The van der Waals surface area contributed by atoms with Gasteiger partial charge in [0.05, 0.1) is 7.11 Å². The van der Waals surface area contributed by atoms with Gasteiger partial charge in [0.15, 0.2) is 11.5 Å². The number of aryl methyl sites for hydroxylation is 1. The Morgan fingerprint density at radius 3 is 2.59 bits per heavy atom. The van der Waals surface area contributed by atoms with Crippen molar-refractivity contribution in [3.05, 3.63) is 23.8 Å². The smallest absolute Gasteiger partial charge is 0.240 e. The summed E-state index contributed by atoms with van der Waals surface area (Å²) >= 11 is 0. The van der Waals surface area contributed by atoms with Crippen molar-refractivity contribution in [3.8, 4) is 11.5 Å². The Morgan fingerprint density at radius 2 is 2.06 bits per heavy atom. The van der Waals surface area contributed by atoms with Crippen molar-refractivity contribution in [1.82, 2.24) is 0 Å². The number of ether oxygens (including phenoxy) is 2. The summed E-state index contributed by atoms with van der Waals surface area (Å²) in [6.45, 7) is 3.47. The third kappa shape index (κ3) is 3.35. The van der Waals surface area contributed by atoms with Crippen LogP contribution in [0.1, 0.15) is 12.5 Å². The molecule has 1 aromatic rings. The summed E-state index contributed by atoms with van der Waals surface area (Å²) in [5, 5.41) is 0. The summed E-state index contributed by atoms with van der Waals surface area (Å²) in [5.41, 5.74) is 10.7. The number of hydrogen-bond donors (Lipinski definition) is 2. The number of carbonyl (C=O) groups excluding carboxylic acids is 1. The van der Waals surface area contributed by atoms with Crippen LogP contribution in [0.4, 0.5) is 0 Å². The number of benzene rings is 1. The molecule has 1 atom stereocenters. The van der Waals surface area contributed by atoms with Gasteiger partial charge in [0.2, 0.25) is 5.91 Å². The molecule has 0 bridgehead atoms. The SMILES string of the molecule is COc1cc(C)ccc1OCC(C)(N)C(N)=O. The summed E-state index contributed by atoms with van der Waals surface area (Å²) in [6.07, 6.45) is 0. The van der Waals surface area contributed by atoms with Gasteiger partial charge in [0.1, 0.15) is 12.1 Å². The van der Waals surface area contributed by atoms with Gasteiger partial charge in [-0.15, -0.1) is 0 Å². The molecular formula is C12H18N2O3. The van der Waals surface area contributed by atoms with Crippen LogP contribution in [0, 0.1) is 6.92 Å². The molecule has 5 heteroatoms. The van der Waals surface area contributed by atoms with Gasteiger partial charge in [0, 0.05) is 0 Å². The van der Waals surface area contributed by atoms with Gasteiger partial charge < -0.3 is 20.9 Å². The van der Waals surface area contributed by atoms with Crippen LogP contribution in [0.2, 0.25) is 0 Å². The fraction of sp³-hybridized carbons (Fsp3) is 0.417. The lowest BCUT2D eigenvalue weighted by Gasteiger charge is -2.21. The zero-order valence-corrected chi connectivity index (χ0v) is 10.3. The molecule has 0 aliphatic heterocycles. The molecule has 94 valence electrons. The third-order valence-corrected chi connectivity index (χ3v) is 2.41. The summed E-state index contributed by atoms with van der Waals surface area (Å²) in [4.78, 5) is 11.0. The molecular weight excluding hydrogens is 220 g/mol. The maximum atomic E-state index is 11.0. The largest absolute Gasteiger partial charge is 0.493 e. The van der Waals surface area contributed by atoms with Gasteiger partial charge in [-0.3, -0.25) is 4.79 Å². The summed E-state index contributed by atoms with van der Waals surface area (Å²) in [6, 6.07) is 5.49. The lowest BCUT2D eigenvalue weighted by molar-refractivity contribution is -0.123. The Labute approximate surface area is 101 Å². The van der Waals surface area contributed by atoms with Crippen molar-refractivity contribution in [2.24, 2.45) is 11.5 Å². The molecule has 17 heavy (non-hydrogen) atoms. The van der Waals surface area contributed by atoms with Crippen molar-refractivity contribution in [1.29, 1.82) is 0 Å². The van der Waals surface area contributed by atoms with Gasteiger partial charge in [-0.2, -0.15) is 0 Å². The molecule has 0 heterocycles. The summed E-state index contributed by atoms with van der Waals surface area (Å²) in [5.74, 6) is 0.532. The first-order chi connectivity index (χ1) is 7.86. The van der Waals surface area contributed by atoms with E-state index in [1.165, 1.54) is 6.92 Å². The monoisotopic (exact) mass is 238 g/mol. The lowest BCUT2D eigenvalue weighted by atomic mass is 10.1. The second-order valence-electron chi connectivity index (χ2n) is 4.22. The number of primary amides is 1. The Hall–Kier alpha value is -1.75.